The van der Waals surface area contributed by atoms with Crippen molar-refractivity contribution in [1.82, 2.24) is 5.06 Å². The molecule has 4 rings (SSSR count). The van der Waals surface area contributed by atoms with Crippen LogP contribution < -0.4 is 4.74 Å². The number of amides is 1. The highest BCUT2D eigenvalue weighted by Crippen LogP contribution is 2.46. The van der Waals surface area contributed by atoms with Crippen LogP contribution in [0.5, 0.6) is 5.75 Å². The Morgan fingerprint density at radius 2 is 2.00 bits per heavy atom. The van der Waals surface area contributed by atoms with Gasteiger partial charge in [-0.1, -0.05) is 30.3 Å². The number of nitrogens with zero attached hydrogens (tertiary/aromatic N) is 1. The molecule has 2 aromatic carbocycles. The van der Waals surface area contributed by atoms with E-state index in [4.69, 9.17) is 9.57 Å². The molecule has 1 unspecified atom stereocenters. The number of benzene rings is 2. The Balaban J connectivity index is 1.56. The fourth-order valence-corrected chi connectivity index (χ4v) is 3.54. The molecule has 1 saturated heterocycles. The van der Waals surface area contributed by atoms with E-state index in [-0.39, 0.29) is 11.7 Å². The highest BCUT2D eigenvalue weighted by Gasteiger charge is 2.51. The molecule has 2 aliphatic heterocycles. The van der Waals surface area contributed by atoms with Crippen molar-refractivity contribution in [2.75, 3.05) is 13.2 Å². The molecule has 1 spiro atoms. The van der Waals surface area contributed by atoms with E-state index in [1.54, 1.807) is 6.07 Å². The zero-order chi connectivity index (χ0) is 16.6. The molecule has 0 radical (unpaired) electrons. The molecule has 0 aliphatic carbocycles. The number of hydrogen-bond donors (Lipinski definition) is 0. The second-order valence-electron chi connectivity index (χ2n) is 6.24. The minimum Gasteiger partial charge on any atom is -0.493 e. The van der Waals surface area contributed by atoms with Crippen LogP contribution in [-0.4, -0.2) is 24.1 Å². The number of hydrogen-bond acceptors (Lipinski definition) is 3. The molecule has 4 nitrogen and oxygen atoms in total. The first kappa shape index (κ1) is 15.1. The SMILES string of the molecule is O=C1N(OCc2ccccc2)CCC12CCOc1ccc(F)cc12. The number of ether oxygens (including phenoxy) is 1. The van der Waals surface area contributed by atoms with Gasteiger partial charge in [0.15, 0.2) is 0 Å². The summed E-state index contributed by atoms with van der Waals surface area (Å²) in [6.07, 6.45) is 1.16. The number of carbonyl (C=O) groups excluding carboxylic acids is 1. The van der Waals surface area contributed by atoms with Crippen molar-refractivity contribution in [3.8, 4) is 5.75 Å². The summed E-state index contributed by atoms with van der Waals surface area (Å²) in [6.45, 7) is 1.30. The summed E-state index contributed by atoms with van der Waals surface area (Å²) in [5, 5.41) is 1.42. The quantitative estimate of drug-likeness (QED) is 0.869. The highest BCUT2D eigenvalue weighted by atomic mass is 19.1. The largest absolute Gasteiger partial charge is 0.493 e. The van der Waals surface area contributed by atoms with Crippen LogP contribution in [0.4, 0.5) is 4.39 Å². The van der Waals surface area contributed by atoms with E-state index < -0.39 is 5.41 Å². The van der Waals surface area contributed by atoms with E-state index in [1.165, 1.54) is 17.2 Å². The summed E-state index contributed by atoms with van der Waals surface area (Å²) in [5.41, 5.74) is 0.918. The Morgan fingerprint density at radius 3 is 2.83 bits per heavy atom. The maximum absolute atomic E-state index is 13.7. The van der Waals surface area contributed by atoms with Gasteiger partial charge in [0.1, 0.15) is 18.2 Å². The van der Waals surface area contributed by atoms with Crippen molar-refractivity contribution in [3.05, 3.63) is 65.5 Å². The maximum atomic E-state index is 13.7. The third-order valence-corrected chi connectivity index (χ3v) is 4.85. The van der Waals surface area contributed by atoms with Crippen LogP contribution in [0.15, 0.2) is 48.5 Å². The van der Waals surface area contributed by atoms with Crippen LogP contribution in [0.3, 0.4) is 0 Å². The predicted molar refractivity (Wildman–Crippen MR) is 85.8 cm³/mol. The molecule has 0 aromatic heterocycles. The van der Waals surface area contributed by atoms with Gasteiger partial charge in [0.25, 0.3) is 5.91 Å². The number of carbonyl (C=O) groups is 1. The second-order valence-corrected chi connectivity index (χ2v) is 6.24. The summed E-state index contributed by atoms with van der Waals surface area (Å²) in [4.78, 5) is 18.7. The van der Waals surface area contributed by atoms with Gasteiger partial charge in [0, 0.05) is 12.0 Å². The maximum Gasteiger partial charge on any atom is 0.257 e. The first-order chi connectivity index (χ1) is 11.7. The zero-order valence-corrected chi connectivity index (χ0v) is 13.2. The Kier molecular flexibility index (Phi) is 3.73. The average molecular weight is 327 g/mol. The monoisotopic (exact) mass is 327 g/mol. The normalized spacial score (nSPS) is 22.5. The minimum atomic E-state index is -0.730. The van der Waals surface area contributed by atoms with Crippen LogP contribution >= 0.6 is 0 Å². The Morgan fingerprint density at radius 1 is 1.17 bits per heavy atom. The molecule has 0 N–H and O–H groups in total. The molecule has 2 aromatic rings. The molecule has 124 valence electrons. The lowest BCUT2D eigenvalue weighted by molar-refractivity contribution is -0.185. The molecule has 2 heterocycles. The lowest BCUT2D eigenvalue weighted by Gasteiger charge is -2.33. The number of rotatable bonds is 3. The van der Waals surface area contributed by atoms with Gasteiger partial charge in [0.2, 0.25) is 0 Å². The molecule has 0 bridgehead atoms. The van der Waals surface area contributed by atoms with Crippen LogP contribution in [0, 0.1) is 5.82 Å². The standard InChI is InChI=1S/C19H18FNO3/c20-15-6-7-17-16(12-15)19(9-11-23-17)8-10-21(18(19)22)24-13-14-4-2-1-3-5-14/h1-7,12H,8-11,13H2. The van der Waals surface area contributed by atoms with Crippen LogP contribution in [0.2, 0.25) is 0 Å². The highest BCUT2D eigenvalue weighted by molar-refractivity contribution is 5.90. The molecule has 0 saturated carbocycles. The van der Waals surface area contributed by atoms with E-state index >= 15 is 0 Å². The predicted octanol–water partition coefficient (Wildman–Crippen LogP) is 3.21. The first-order valence-electron chi connectivity index (χ1n) is 8.11. The van der Waals surface area contributed by atoms with Gasteiger partial charge in [0.05, 0.1) is 18.6 Å². The summed E-state index contributed by atoms with van der Waals surface area (Å²) in [6, 6.07) is 14.1. The van der Waals surface area contributed by atoms with Gasteiger partial charge >= 0.3 is 0 Å². The van der Waals surface area contributed by atoms with Crippen molar-refractivity contribution in [2.24, 2.45) is 0 Å². The van der Waals surface area contributed by atoms with E-state index in [1.807, 2.05) is 30.3 Å². The molecule has 1 amide bonds. The summed E-state index contributed by atoms with van der Waals surface area (Å²) in [7, 11) is 0. The molecule has 1 atom stereocenters. The topological polar surface area (TPSA) is 38.8 Å². The van der Waals surface area contributed by atoms with Gasteiger partial charge in [-0.25, -0.2) is 9.45 Å². The number of fused-ring (bicyclic) bond motifs is 2. The fourth-order valence-electron chi connectivity index (χ4n) is 3.54. The number of halogens is 1. The summed E-state index contributed by atoms with van der Waals surface area (Å²) < 4.78 is 19.3. The molecule has 2 aliphatic rings. The van der Waals surface area contributed by atoms with Gasteiger partial charge in [-0.3, -0.25) is 9.63 Å². The van der Waals surface area contributed by atoms with Gasteiger partial charge in [-0.15, -0.1) is 0 Å². The van der Waals surface area contributed by atoms with Crippen molar-refractivity contribution < 1.29 is 18.8 Å². The van der Waals surface area contributed by atoms with Gasteiger partial charge < -0.3 is 4.74 Å². The van der Waals surface area contributed by atoms with Gasteiger partial charge in [-0.2, -0.15) is 0 Å². The lowest BCUT2D eigenvalue weighted by Crippen LogP contribution is -2.41. The summed E-state index contributed by atoms with van der Waals surface area (Å²) >= 11 is 0. The zero-order valence-electron chi connectivity index (χ0n) is 13.2. The third-order valence-electron chi connectivity index (χ3n) is 4.85. The first-order valence-corrected chi connectivity index (χ1v) is 8.11. The van der Waals surface area contributed by atoms with E-state index in [0.29, 0.717) is 43.9 Å². The average Bonchev–Trinajstić information content (AvgIpc) is 2.92. The smallest absolute Gasteiger partial charge is 0.257 e. The molecule has 24 heavy (non-hydrogen) atoms. The Labute approximate surface area is 139 Å². The molecule has 5 heteroatoms. The fraction of sp³-hybridized carbons (Fsp3) is 0.316. The Bertz CT molecular complexity index is 764. The summed E-state index contributed by atoms with van der Waals surface area (Å²) in [5.74, 6) is 0.143. The van der Waals surface area contributed by atoms with Crippen molar-refractivity contribution >= 4 is 5.91 Å². The van der Waals surface area contributed by atoms with E-state index in [9.17, 15) is 9.18 Å². The van der Waals surface area contributed by atoms with Gasteiger partial charge in [-0.05, 0) is 30.2 Å². The van der Waals surface area contributed by atoms with Crippen LogP contribution in [0.25, 0.3) is 0 Å². The molecule has 1 fully saturated rings. The Hall–Kier alpha value is -2.40. The number of hydroxylamine groups is 2. The van der Waals surface area contributed by atoms with Crippen LogP contribution in [0.1, 0.15) is 24.0 Å². The lowest BCUT2D eigenvalue weighted by atomic mass is 9.75. The van der Waals surface area contributed by atoms with Crippen molar-refractivity contribution in [1.29, 1.82) is 0 Å². The second kappa shape index (κ2) is 5.91. The molecular formula is C19H18FNO3. The van der Waals surface area contributed by atoms with E-state index in [0.717, 1.165) is 5.56 Å². The van der Waals surface area contributed by atoms with Crippen LogP contribution in [-0.2, 0) is 21.7 Å². The molecular weight excluding hydrogens is 309 g/mol. The minimum absolute atomic E-state index is 0.103. The third kappa shape index (κ3) is 2.45. The van der Waals surface area contributed by atoms with Crippen molar-refractivity contribution in [2.45, 2.75) is 24.9 Å². The van der Waals surface area contributed by atoms with E-state index in [2.05, 4.69) is 0 Å². The van der Waals surface area contributed by atoms with Crippen molar-refractivity contribution in [3.63, 3.8) is 0 Å².